The van der Waals surface area contributed by atoms with Crippen LogP contribution in [0, 0.1) is 5.41 Å². The van der Waals surface area contributed by atoms with E-state index in [0.29, 0.717) is 13.0 Å². The van der Waals surface area contributed by atoms with Crippen molar-refractivity contribution in [1.82, 2.24) is 4.90 Å². The number of hydrogen-bond acceptors (Lipinski definition) is 2. The minimum absolute atomic E-state index is 0.0831. The lowest BCUT2D eigenvalue weighted by Gasteiger charge is -2.27. The van der Waals surface area contributed by atoms with Crippen LogP contribution in [-0.4, -0.2) is 30.4 Å². The molecular formula is C10H22N2O. The van der Waals surface area contributed by atoms with Crippen LogP contribution in [0.4, 0.5) is 0 Å². The van der Waals surface area contributed by atoms with Crippen LogP contribution in [0.3, 0.4) is 0 Å². The molecule has 13 heavy (non-hydrogen) atoms. The maximum absolute atomic E-state index is 11.6. The summed E-state index contributed by atoms with van der Waals surface area (Å²) >= 11 is 0. The van der Waals surface area contributed by atoms with Gasteiger partial charge in [0.1, 0.15) is 0 Å². The number of nitrogens with two attached hydrogens (primary N) is 1. The molecule has 3 nitrogen and oxygen atoms in total. The topological polar surface area (TPSA) is 46.3 Å². The van der Waals surface area contributed by atoms with Crippen LogP contribution in [0.15, 0.2) is 0 Å². The van der Waals surface area contributed by atoms with Crippen LogP contribution in [0.5, 0.6) is 0 Å². The third-order valence-electron chi connectivity index (χ3n) is 2.35. The molecule has 0 saturated heterocycles. The second kappa shape index (κ2) is 4.61. The highest BCUT2D eigenvalue weighted by Crippen LogP contribution is 2.19. The maximum atomic E-state index is 11.6. The van der Waals surface area contributed by atoms with Gasteiger partial charge in [-0.15, -0.1) is 0 Å². The number of carbonyl (C=O) groups is 1. The Morgan fingerprint density at radius 1 is 1.46 bits per heavy atom. The van der Waals surface area contributed by atoms with E-state index in [-0.39, 0.29) is 17.4 Å². The highest BCUT2D eigenvalue weighted by molar-refractivity contribution is 5.76. The van der Waals surface area contributed by atoms with Crippen LogP contribution >= 0.6 is 0 Å². The fraction of sp³-hybridized carbons (Fsp3) is 0.900. The van der Waals surface area contributed by atoms with Gasteiger partial charge in [0.2, 0.25) is 5.91 Å². The van der Waals surface area contributed by atoms with E-state index < -0.39 is 0 Å². The highest BCUT2D eigenvalue weighted by atomic mass is 16.2. The fourth-order valence-corrected chi connectivity index (χ4v) is 0.894. The van der Waals surface area contributed by atoms with Gasteiger partial charge in [-0.2, -0.15) is 0 Å². The summed E-state index contributed by atoms with van der Waals surface area (Å²) in [6.45, 7) is 8.59. The number of nitrogens with zero attached hydrogens (tertiary/aromatic N) is 1. The molecule has 0 aromatic carbocycles. The molecule has 0 rings (SSSR count). The number of rotatable bonds is 4. The summed E-state index contributed by atoms with van der Waals surface area (Å²) < 4.78 is 0. The molecule has 0 aromatic rings. The summed E-state index contributed by atoms with van der Waals surface area (Å²) in [4.78, 5) is 13.4. The van der Waals surface area contributed by atoms with Crippen LogP contribution < -0.4 is 5.73 Å². The minimum atomic E-state index is -0.0831. The fourth-order valence-electron chi connectivity index (χ4n) is 0.894. The Labute approximate surface area is 81.3 Å². The van der Waals surface area contributed by atoms with Crippen molar-refractivity contribution in [2.24, 2.45) is 11.1 Å². The molecule has 2 N–H and O–H groups in total. The molecule has 0 aromatic heterocycles. The first-order valence-electron chi connectivity index (χ1n) is 4.76. The molecule has 78 valence electrons. The van der Waals surface area contributed by atoms with Gasteiger partial charge in [0.25, 0.3) is 0 Å². The molecule has 3 heteroatoms. The van der Waals surface area contributed by atoms with E-state index in [1.807, 2.05) is 34.7 Å². The molecule has 0 heterocycles. The zero-order valence-corrected chi connectivity index (χ0v) is 9.42. The summed E-state index contributed by atoms with van der Waals surface area (Å²) in [5.74, 6) is 0.172. The lowest BCUT2D eigenvalue weighted by atomic mass is 9.89. The standard InChI is InChI=1S/C10H22N2O/c1-8(2)12(5)9(13)6-10(3,4)7-11/h8H,6-7,11H2,1-5H3. The van der Waals surface area contributed by atoms with Gasteiger partial charge in [-0.1, -0.05) is 13.8 Å². The third-order valence-corrected chi connectivity index (χ3v) is 2.35. The highest BCUT2D eigenvalue weighted by Gasteiger charge is 2.23. The van der Waals surface area contributed by atoms with Crippen molar-refractivity contribution in [1.29, 1.82) is 0 Å². The molecule has 0 unspecified atom stereocenters. The lowest BCUT2D eigenvalue weighted by molar-refractivity contribution is -0.133. The molecule has 0 aliphatic heterocycles. The van der Waals surface area contributed by atoms with Crippen molar-refractivity contribution in [3.05, 3.63) is 0 Å². The van der Waals surface area contributed by atoms with Crippen molar-refractivity contribution in [3.8, 4) is 0 Å². The van der Waals surface area contributed by atoms with Gasteiger partial charge in [0.15, 0.2) is 0 Å². The van der Waals surface area contributed by atoms with Crippen LogP contribution in [0.25, 0.3) is 0 Å². The van der Waals surface area contributed by atoms with Gasteiger partial charge in [0, 0.05) is 19.5 Å². The Kier molecular flexibility index (Phi) is 4.40. The van der Waals surface area contributed by atoms with E-state index in [9.17, 15) is 4.79 Å². The van der Waals surface area contributed by atoms with Gasteiger partial charge < -0.3 is 10.6 Å². The summed E-state index contributed by atoms with van der Waals surface area (Å²) in [6, 6.07) is 0.265. The average molecular weight is 186 g/mol. The number of carbonyl (C=O) groups excluding carboxylic acids is 1. The van der Waals surface area contributed by atoms with E-state index >= 15 is 0 Å². The normalized spacial score (nSPS) is 11.9. The van der Waals surface area contributed by atoms with Gasteiger partial charge in [-0.05, 0) is 25.8 Å². The van der Waals surface area contributed by atoms with Crippen molar-refractivity contribution in [3.63, 3.8) is 0 Å². The summed E-state index contributed by atoms with van der Waals surface area (Å²) in [7, 11) is 1.83. The van der Waals surface area contributed by atoms with Crippen LogP contribution in [0.1, 0.15) is 34.1 Å². The molecule has 0 atom stereocenters. The first-order chi connectivity index (χ1) is 5.80. The average Bonchev–Trinajstić information content (AvgIpc) is 2.02. The lowest BCUT2D eigenvalue weighted by Crippen LogP contribution is -2.37. The van der Waals surface area contributed by atoms with Crippen LogP contribution in [0.2, 0.25) is 0 Å². The molecule has 0 aliphatic carbocycles. The maximum Gasteiger partial charge on any atom is 0.223 e. The monoisotopic (exact) mass is 186 g/mol. The Hall–Kier alpha value is -0.570. The summed E-state index contributed by atoms with van der Waals surface area (Å²) in [5, 5.41) is 0. The van der Waals surface area contributed by atoms with E-state index in [4.69, 9.17) is 5.73 Å². The van der Waals surface area contributed by atoms with Crippen molar-refractivity contribution in [2.45, 2.75) is 40.2 Å². The van der Waals surface area contributed by atoms with Gasteiger partial charge in [-0.25, -0.2) is 0 Å². The Bertz CT molecular complexity index is 176. The molecule has 0 aliphatic rings. The van der Waals surface area contributed by atoms with Crippen molar-refractivity contribution >= 4 is 5.91 Å². The molecule has 0 bridgehead atoms. The number of amides is 1. The zero-order valence-electron chi connectivity index (χ0n) is 9.42. The predicted octanol–water partition coefficient (Wildman–Crippen LogP) is 1.23. The van der Waals surface area contributed by atoms with Gasteiger partial charge in [-0.3, -0.25) is 4.79 Å². The third kappa shape index (κ3) is 4.27. The largest absolute Gasteiger partial charge is 0.343 e. The first kappa shape index (κ1) is 12.4. The van der Waals surface area contributed by atoms with Gasteiger partial charge in [0.05, 0.1) is 0 Å². The Morgan fingerprint density at radius 3 is 2.23 bits per heavy atom. The van der Waals surface area contributed by atoms with E-state index in [0.717, 1.165) is 0 Å². The van der Waals surface area contributed by atoms with Crippen LogP contribution in [-0.2, 0) is 4.79 Å². The van der Waals surface area contributed by atoms with Crippen molar-refractivity contribution < 1.29 is 4.79 Å². The zero-order chi connectivity index (χ0) is 10.6. The second-order valence-electron chi connectivity index (χ2n) is 4.64. The summed E-state index contributed by atoms with van der Waals surface area (Å²) in [5.41, 5.74) is 5.48. The Balaban J connectivity index is 4.15. The van der Waals surface area contributed by atoms with Crippen molar-refractivity contribution in [2.75, 3.05) is 13.6 Å². The second-order valence-corrected chi connectivity index (χ2v) is 4.64. The minimum Gasteiger partial charge on any atom is -0.343 e. The molecule has 0 spiro atoms. The first-order valence-corrected chi connectivity index (χ1v) is 4.76. The molecular weight excluding hydrogens is 164 g/mol. The summed E-state index contributed by atoms with van der Waals surface area (Å²) in [6.07, 6.45) is 0.526. The molecule has 1 amide bonds. The Morgan fingerprint density at radius 2 is 1.92 bits per heavy atom. The van der Waals surface area contributed by atoms with Gasteiger partial charge >= 0.3 is 0 Å². The molecule has 0 saturated carbocycles. The SMILES string of the molecule is CC(C)N(C)C(=O)CC(C)(C)CN. The molecule has 0 fully saturated rings. The molecule has 0 radical (unpaired) electrons. The van der Waals surface area contributed by atoms with E-state index in [1.54, 1.807) is 4.90 Å². The van der Waals surface area contributed by atoms with E-state index in [1.165, 1.54) is 0 Å². The quantitative estimate of drug-likeness (QED) is 0.717. The predicted molar refractivity (Wildman–Crippen MR) is 55.4 cm³/mol. The van der Waals surface area contributed by atoms with E-state index in [2.05, 4.69) is 0 Å². The number of hydrogen-bond donors (Lipinski definition) is 1. The smallest absolute Gasteiger partial charge is 0.223 e.